The number of benzene rings is 3. The Morgan fingerprint density at radius 3 is 2.19 bits per heavy atom. The molecule has 2 aliphatic rings. The number of ether oxygens (including phenoxy) is 7. The Bertz CT molecular complexity index is 1760. The van der Waals surface area contributed by atoms with Crippen LogP contribution in [0, 0.1) is 5.92 Å². The fourth-order valence-corrected chi connectivity index (χ4v) is 7.39. The Morgan fingerprint density at radius 1 is 0.796 bits per heavy atom. The first-order chi connectivity index (χ1) is 26.2. The largest absolute Gasteiger partial charge is 0.493 e. The van der Waals surface area contributed by atoms with Crippen LogP contribution < -0.4 is 28.4 Å². The molecule has 1 unspecified atom stereocenters. The number of allylic oxidation sites excluding steroid dienone is 2. The summed E-state index contributed by atoms with van der Waals surface area (Å²) in [5, 5.41) is 9.18. The first kappa shape index (κ1) is 39.8. The molecular weight excluding hydrogens is 694 g/mol. The SMILES string of the molecule is COc1ccc(CCC(OC(=O)[C@@H]2CCCCN2C(=O)[C@H](c2cc(OC)c(OC)c(OC)c2)[C@@H]2C=CCCC2)c2cccc(OCC(=O)O)c2)cc1OC. The zero-order valence-electron chi connectivity index (χ0n) is 31.7. The molecule has 3 aromatic carbocycles. The van der Waals surface area contributed by atoms with E-state index in [2.05, 4.69) is 12.2 Å². The minimum atomic E-state index is -1.10. The van der Waals surface area contributed by atoms with Crippen LogP contribution >= 0.6 is 0 Å². The second-order valence-electron chi connectivity index (χ2n) is 13.4. The fourth-order valence-electron chi connectivity index (χ4n) is 7.39. The van der Waals surface area contributed by atoms with Crippen molar-refractivity contribution in [3.63, 3.8) is 0 Å². The van der Waals surface area contributed by atoms with Gasteiger partial charge in [-0.25, -0.2) is 9.59 Å². The molecule has 12 nitrogen and oxygen atoms in total. The van der Waals surface area contributed by atoms with Gasteiger partial charge in [-0.05, 0) is 110 Å². The average Bonchev–Trinajstić information content (AvgIpc) is 3.21. The van der Waals surface area contributed by atoms with Crippen LogP contribution in [0.1, 0.15) is 73.7 Å². The first-order valence-corrected chi connectivity index (χ1v) is 18.3. The normalized spacial score (nSPS) is 17.8. The molecule has 12 heteroatoms. The maximum Gasteiger partial charge on any atom is 0.341 e. The van der Waals surface area contributed by atoms with Gasteiger partial charge in [0.15, 0.2) is 29.6 Å². The van der Waals surface area contributed by atoms with Gasteiger partial charge in [0.25, 0.3) is 0 Å². The van der Waals surface area contributed by atoms with Gasteiger partial charge in [0.2, 0.25) is 11.7 Å². The average molecular weight is 746 g/mol. The van der Waals surface area contributed by atoms with E-state index in [0.29, 0.717) is 65.9 Å². The summed E-state index contributed by atoms with van der Waals surface area (Å²) >= 11 is 0. The van der Waals surface area contributed by atoms with Gasteiger partial charge in [0.1, 0.15) is 17.9 Å². The Labute approximate surface area is 316 Å². The van der Waals surface area contributed by atoms with Gasteiger partial charge >= 0.3 is 11.9 Å². The van der Waals surface area contributed by atoms with Crippen LogP contribution in [-0.4, -0.2) is 82.6 Å². The summed E-state index contributed by atoms with van der Waals surface area (Å²) in [6.07, 6.45) is 9.07. The minimum absolute atomic E-state index is 0.101. The molecule has 1 aliphatic carbocycles. The minimum Gasteiger partial charge on any atom is -0.493 e. The van der Waals surface area contributed by atoms with E-state index < -0.39 is 36.6 Å². The number of esters is 1. The molecule has 1 heterocycles. The van der Waals surface area contributed by atoms with E-state index in [1.807, 2.05) is 36.4 Å². The van der Waals surface area contributed by atoms with Crippen molar-refractivity contribution in [2.75, 3.05) is 48.7 Å². The van der Waals surface area contributed by atoms with Crippen molar-refractivity contribution in [1.82, 2.24) is 4.90 Å². The highest BCUT2D eigenvalue weighted by Gasteiger charge is 2.41. The maximum atomic E-state index is 14.9. The molecule has 4 atom stereocenters. The highest BCUT2D eigenvalue weighted by Crippen LogP contribution is 2.44. The zero-order chi connectivity index (χ0) is 38.6. The molecule has 1 fully saturated rings. The maximum absolute atomic E-state index is 14.9. The summed E-state index contributed by atoms with van der Waals surface area (Å²) < 4.78 is 39.6. The van der Waals surface area contributed by atoms with Gasteiger partial charge in [-0.15, -0.1) is 0 Å². The van der Waals surface area contributed by atoms with Crippen LogP contribution in [-0.2, 0) is 25.5 Å². The Kier molecular flexibility index (Phi) is 14.1. The van der Waals surface area contributed by atoms with E-state index in [0.717, 1.165) is 43.2 Å². The molecule has 0 bridgehead atoms. The Balaban J connectivity index is 1.46. The third kappa shape index (κ3) is 9.58. The van der Waals surface area contributed by atoms with E-state index >= 15 is 0 Å². The highest BCUT2D eigenvalue weighted by molar-refractivity contribution is 5.90. The predicted octanol–water partition coefficient (Wildman–Crippen LogP) is 6.93. The van der Waals surface area contributed by atoms with Gasteiger partial charge in [-0.1, -0.05) is 30.4 Å². The number of aryl methyl sites for hydroxylation is 1. The molecule has 5 rings (SSSR count). The molecule has 0 spiro atoms. The number of amides is 1. The second-order valence-corrected chi connectivity index (χ2v) is 13.4. The number of carbonyl (C=O) groups is 3. The number of carboxylic acid groups (broad SMARTS) is 1. The highest BCUT2D eigenvalue weighted by atomic mass is 16.5. The quantitative estimate of drug-likeness (QED) is 0.114. The molecular formula is C42H51NO11. The van der Waals surface area contributed by atoms with Gasteiger partial charge in [-0.2, -0.15) is 0 Å². The van der Waals surface area contributed by atoms with Crippen LogP contribution in [0.15, 0.2) is 66.7 Å². The van der Waals surface area contributed by atoms with Crippen molar-refractivity contribution in [2.24, 2.45) is 5.92 Å². The molecule has 1 aliphatic heterocycles. The molecule has 290 valence electrons. The standard InChI is InChI=1S/C42H51NO11/c1-48-34-20-18-27(22-35(34)49-2)17-19-33(29-14-11-15-31(23-29)53-26-38(44)45)54-42(47)32-16-9-10-21-43(32)41(46)39(28-12-7-6-8-13-28)30-24-36(50-3)40(52-5)37(25-30)51-4/h7,11-12,14-15,18,20,22-25,28,32-33,39H,6,8-10,13,16-17,19,21,26H2,1-5H3,(H,44,45)/t28-,32+,33?,39+/m1/s1. The number of nitrogens with zero attached hydrogens (tertiary/aromatic N) is 1. The van der Waals surface area contributed by atoms with Crippen molar-refractivity contribution in [3.05, 3.63) is 83.4 Å². The number of hydrogen-bond acceptors (Lipinski definition) is 10. The predicted molar refractivity (Wildman–Crippen MR) is 201 cm³/mol. The molecule has 1 saturated heterocycles. The van der Waals surface area contributed by atoms with Crippen LogP contribution in [0.25, 0.3) is 0 Å². The molecule has 1 amide bonds. The van der Waals surface area contributed by atoms with Crippen LogP contribution in [0.2, 0.25) is 0 Å². The third-order valence-corrected chi connectivity index (χ3v) is 10.1. The number of piperidine rings is 1. The molecule has 0 aromatic heterocycles. The lowest BCUT2D eigenvalue weighted by molar-refractivity contribution is -0.163. The lowest BCUT2D eigenvalue weighted by Gasteiger charge is -2.39. The summed E-state index contributed by atoms with van der Waals surface area (Å²) in [6.45, 7) is -0.104. The monoisotopic (exact) mass is 745 g/mol. The summed E-state index contributed by atoms with van der Waals surface area (Å²) in [5.74, 6) is 0.387. The van der Waals surface area contributed by atoms with E-state index in [1.165, 1.54) is 7.11 Å². The van der Waals surface area contributed by atoms with Crippen molar-refractivity contribution in [1.29, 1.82) is 0 Å². The second kappa shape index (κ2) is 19.1. The Hall–Kier alpha value is -5.39. The molecule has 54 heavy (non-hydrogen) atoms. The number of aliphatic carboxylic acids is 1. The summed E-state index contributed by atoms with van der Waals surface area (Å²) in [6, 6.07) is 15.4. The molecule has 0 saturated carbocycles. The lowest BCUT2D eigenvalue weighted by atomic mass is 9.78. The number of methoxy groups -OCH3 is 5. The van der Waals surface area contributed by atoms with Crippen LogP contribution in [0.3, 0.4) is 0 Å². The van der Waals surface area contributed by atoms with Crippen molar-refractivity contribution < 1.29 is 52.6 Å². The smallest absolute Gasteiger partial charge is 0.341 e. The molecule has 3 aromatic rings. The lowest BCUT2D eigenvalue weighted by Crippen LogP contribution is -2.51. The van der Waals surface area contributed by atoms with Gasteiger partial charge < -0.3 is 43.2 Å². The van der Waals surface area contributed by atoms with Gasteiger partial charge in [0, 0.05) is 6.54 Å². The van der Waals surface area contributed by atoms with Gasteiger partial charge in [-0.3, -0.25) is 4.79 Å². The van der Waals surface area contributed by atoms with Crippen molar-refractivity contribution in [2.45, 2.75) is 69.4 Å². The third-order valence-electron chi connectivity index (χ3n) is 10.1. The van der Waals surface area contributed by atoms with Gasteiger partial charge in [0.05, 0.1) is 41.5 Å². The van der Waals surface area contributed by atoms with E-state index in [-0.39, 0.29) is 11.8 Å². The van der Waals surface area contributed by atoms with Crippen molar-refractivity contribution >= 4 is 17.8 Å². The number of hydrogen-bond donors (Lipinski definition) is 1. The molecule has 0 radical (unpaired) electrons. The Morgan fingerprint density at radius 2 is 1.54 bits per heavy atom. The summed E-state index contributed by atoms with van der Waals surface area (Å²) in [7, 11) is 7.78. The molecule has 1 N–H and O–H groups in total. The summed E-state index contributed by atoms with van der Waals surface area (Å²) in [5.41, 5.74) is 2.30. The fraction of sp³-hybridized carbons (Fsp3) is 0.452. The van der Waals surface area contributed by atoms with E-state index in [9.17, 15) is 19.5 Å². The van der Waals surface area contributed by atoms with Crippen molar-refractivity contribution in [3.8, 4) is 34.5 Å². The van der Waals surface area contributed by atoms with Crippen LogP contribution in [0.5, 0.6) is 34.5 Å². The number of carboxylic acids is 1. The van der Waals surface area contributed by atoms with E-state index in [4.69, 9.17) is 33.2 Å². The first-order valence-electron chi connectivity index (χ1n) is 18.3. The zero-order valence-corrected chi connectivity index (χ0v) is 31.7. The number of carbonyl (C=O) groups excluding carboxylic acids is 2. The number of likely N-dealkylation sites (tertiary alicyclic amines) is 1. The van der Waals surface area contributed by atoms with E-state index in [1.54, 1.807) is 51.5 Å². The van der Waals surface area contributed by atoms with Crippen LogP contribution in [0.4, 0.5) is 0 Å². The number of rotatable bonds is 17. The topological polar surface area (TPSA) is 139 Å². The summed E-state index contributed by atoms with van der Waals surface area (Å²) in [4.78, 5) is 42.2.